The number of aromatic nitrogens is 1. The van der Waals surface area contributed by atoms with E-state index in [1.54, 1.807) is 12.1 Å². The quantitative estimate of drug-likeness (QED) is 0.907. The summed E-state index contributed by atoms with van der Waals surface area (Å²) in [5, 5.41) is 10.9. The molecule has 6 heteroatoms. The van der Waals surface area contributed by atoms with Crippen molar-refractivity contribution in [3.05, 3.63) is 29.7 Å². The molecule has 1 aromatic heterocycles. The number of carbonyl (C=O) groups excluding carboxylic acids is 1. The van der Waals surface area contributed by atoms with Gasteiger partial charge in [-0.1, -0.05) is 11.2 Å². The zero-order chi connectivity index (χ0) is 15.5. The normalized spacial score (nSPS) is 27.0. The monoisotopic (exact) mass is 303 g/mol. The molecule has 0 radical (unpaired) electrons. The van der Waals surface area contributed by atoms with Gasteiger partial charge in [-0.25, -0.2) is 4.39 Å². The number of fused-ring (bicyclic) bond motifs is 2. The first-order valence-electron chi connectivity index (χ1n) is 7.56. The van der Waals surface area contributed by atoms with Crippen LogP contribution in [0.25, 0.3) is 11.0 Å². The molecule has 2 aromatic rings. The second-order valence-corrected chi connectivity index (χ2v) is 6.77. The third-order valence-electron chi connectivity index (χ3n) is 4.87. The van der Waals surface area contributed by atoms with Crippen molar-refractivity contribution in [2.24, 2.45) is 17.8 Å². The van der Waals surface area contributed by atoms with Gasteiger partial charge in [-0.15, -0.1) is 0 Å². The molecule has 22 heavy (non-hydrogen) atoms. The fourth-order valence-electron chi connectivity index (χ4n) is 3.64. The summed E-state index contributed by atoms with van der Waals surface area (Å²) in [5.41, 5.74) is -0.0212. The summed E-state index contributed by atoms with van der Waals surface area (Å²) >= 11 is 0. The molecule has 0 bridgehead atoms. The summed E-state index contributed by atoms with van der Waals surface area (Å²) in [4.78, 5) is 12.5. The van der Waals surface area contributed by atoms with E-state index in [0.717, 1.165) is 13.1 Å². The smallest absolute Gasteiger partial charge is 0.224 e. The highest BCUT2D eigenvalue weighted by atomic mass is 19.1. The number of amides is 1. The first kappa shape index (κ1) is 13.7. The summed E-state index contributed by atoms with van der Waals surface area (Å²) in [6, 6.07) is 4.71. The van der Waals surface area contributed by atoms with Crippen LogP contribution in [0.15, 0.2) is 22.7 Å². The number of rotatable bonds is 3. The predicted octanol–water partition coefficient (Wildman–Crippen LogP) is 1.78. The van der Waals surface area contributed by atoms with Crippen molar-refractivity contribution in [2.75, 3.05) is 13.1 Å². The van der Waals surface area contributed by atoms with E-state index < -0.39 is 11.4 Å². The Balaban J connectivity index is 1.59. The van der Waals surface area contributed by atoms with Crippen molar-refractivity contribution < 1.29 is 13.7 Å². The lowest BCUT2D eigenvalue weighted by Gasteiger charge is -2.24. The highest BCUT2D eigenvalue weighted by molar-refractivity contribution is 5.85. The van der Waals surface area contributed by atoms with Gasteiger partial charge < -0.3 is 15.2 Å². The van der Waals surface area contributed by atoms with Gasteiger partial charge >= 0.3 is 0 Å². The maximum absolute atomic E-state index is 13.7. The molecule has 1 amide bonds. The van der Waals surface area contributed by atoms with Crippen LogP contribution >= 0.6 is 0 Å². The third kappa shape index (κ3) is 1.94. The fraction of sp³-hybridized carbons (Fsp3) is 0.500. The molecule has 1 saturated carbocycles. The molecule has 4 rings (SSSR count). The molecule has 2 heterocycles. The first-order valence-corrected chi connectivity index (χ1v) is 7.56. The van der Waals surface area contributed by atoms with Crippen LogP contribution < -0.4 is 10.6 Å². The molecule has 0 spiro atoms. The van der Waals surface area contributed by atoms with Crippen LogP contribution in [0.5, 0.6) is 0 Å². The standard InChI is InChI=1S/C16H18FN3O2/c1-16(2,19-15(21)12-9-6-18-7-10(9)12)14-8-4-3-5-11(17)13(8)22-20-14/h3-5,9-10,12,18H,6-7H2,1-2H3,(H,19,21)/t9-,10+,12?. The molecule has 1 unspecified atom stereocenters. The molecule has 2 aliphatic rings. The second-order valence-electron chi connectivity index (χ2n) is 6.77. The van der Waals surface area contributed by atoms with Crippen LogP contribution in [-0.2, 0) is 10.3 Å². The largest absolute Gasteiger partial charge is 0.353 e. The Morgan fingerprint density at radius 1 is 1.41 bits per heavy atom. The van der Waals surface area contributed by atoms with Crippen molar-refractivity contribution in [3.8, 4) is 0 Å². The van der Waals surface area contributed by atoms with Crippen LogP contribution in [-0.4, -0.2) is 24.2 Å². The van der Waals surface area contributed by atoms with E-state index in [4.69, 9.17) is 4.52 Å². The first-order chi connectivity index (χ1) is 10.5. The van der Waals surface area contributed by atoms with Crippen molar-refractivity contribution in [1.82, 2.24) is 15.8 Å². The molecule has 2 fully saturated rings. The number of nitrogens with one attached hydrogen (secondary N) is 2. The highest BCUT2D eigenvalue weighted by Gasteiger charge is 2.57. The van der Waals surface area contributed by atoms with Gasteiger partial charge in [-0.3, -0.25) is 4.79 Å². The van der Waals surface area contributed by atoms with Crippen molar-refractivity contribution in [3.63, 3.8) is 0 Å². The van der Waals surface area contributed by atoms with E-state index in [1.807, 2.05) is 13.8 Å². The number of carbonyl (C=O) groups is 1. The van der Waals surface area contributed by atoms with Crippen LogP contribution in [0.3, 0.4) is 0 Å². The molecule has 1 aliphatic carbocycles. The number of piperidine rings is 1. The molecular formula is C16H18FN3O2. The van der Waals surface area contributed by atoms with Crippen molar-refractivity contribution >= 4 is 16.9 Å². The van der Waals surface area contributed by atoms with Gasteiger partial charge in [-0.2, -0.15) is 0 Å². The maximum atomic E-state index is 13.7. The lowest BCUT2D eigenvalue weighted by atomic mass is 9.96. The van der Waals surface area contributed by atoms with Gasteiger partial charge in [0.1, 0.15) is 5.69 Å². The maximum Gasteiger partial charge on any atom is 0.224 e. The Kier molecular flexibility index (Phi) is 2.81. The van der Waals surface area contributed by atoms with Gasteiger partial charge in [0.2, 0.25) is 11.5 Å². The van der Waals surface area contributed by atoms with Gasteiger partial charge in [-0.05, 0) is 50.9 Å². The van der Waals surface area contributed by atoms with E-state index >= 15 is 0 Å². The number of para-hydroxylation sites is 1. The van der Waals surface area contributed by atoms with E-state index in [0.29, 0.717) is 22.9 Å². The molecular weight excluding hydrogens is 285 g/mol. The molecule has 1 saturated heterocycles. The van der Waals surface area contributed by atoms with E-state index in [1.165, 1.54) is 6.07 Å². The van der Waals surface area contributed by atoms with Gasteiger partial charge in [0, 0.05) is 5.92 Å². The Morgan fingerprint density at radius 3 is 2.86 bits per heavy atom. The topological polar surface area (TPSA) is 67.2 Å². The Hall–Kier alpha value is -1.95. The number of benzene rings is 1. The summed E-state index contributed by atoms with van der Waals surface area (Å²) in [7, 11) is 0. The average Bonchev–Trinajstić information content (AvgIpc) is 2.85. The zero-order valence-electron chi connectivity index (χ0n) is 12.5. The summed E-state index contributed by atoms with van der Waals surface area (Å²) in [6.07, 6.45) is 0. The third-order valence-corrected chi connectivity index (χ3v) is 4.87. The summed E-state index contributed by atoms with van der Waals surface area (Å²) < 4.78 is 18.8. The molecule has 5 nitrogen and oxygen atoms in total. The van der Waals surface area contributed by atoms with E-state index in [9.17, 15) is 9.18 Å². The van der Waals surface area contributed by atoms with Crippen LogP contribution in [0.2, 0.25) is 0 Å². The minimum atomic E-state index is -0.708. The van der Waals surface area contributed by atoms with Crippen molar-refractivity contribution in [2.45, 2.75) is 19.4 Å². The zero-order valence-corrected chi connectivity index (χ0v) is 12.5. The average molecular weight is 303 g/mol. The predicted molar refractivity (Wildman–Crippen MR) is 78.5 cm³/mol. The summed E-state index contributed by atoms with van der Waals surface area (Å²) in [6.45, 7) is 5.57. The number of nitrogens with zero attached hydrogens (tertiary/aromatic N) is 1. The van der Waals surface area contributed by atoms with Crippen LogP contribution in [0, 0.1) is 23.6 Å². The fourth-order valence-corrected chi connectivity index (χ4v) is 3.64. The Bertz CT molecular complexity index is 745. The van der Waals surface area contributed by atoms with Gasteiger partial charge in [0.15, 0.2) is 5.82 Å². The number of hydrogen-bond donors (Lipinski definition) is 2. The highest BCUT2D eigenvalue weighted by Crippen LogP contribution is 2.49. The number of hydrogen-bond acceptors (Lipinski definition) is 4. The van der Waals surface area contributed by atoms with E-state index in [-0.39, 0.29) is 17.4 Å². The van der Waals surface area contributed by atoms with Crippen LogP contribution in [0.4, 0.5) is 4.39 Å². The Morgan fingerprint density at radius 2 is 2.14 bits per heavy atom. The summed E-state index contributed by atoms with van der Waals surface area (Å²) in [5.74, 6) is 0.621. The second kappa shape index (κ2) is 4.52. The SMILES string of the molecule is CC(C)(NC(=O)C1[C@H]2CNC[C@@H]12)c1noc2c(F)cccc12. The Labute approximate surface area is 127 Å². The van der Waals surface area contributed by atoms with Crippen molar-refractivity contribution in [1.29, 1.82) is 0 Å². The molecule has 1 aliphatic heterocycles. The molecule has 3 atom stereocenters. The minimum absolute atomic E-state index is 0.0500. The van der Waals surface area contributed by atoms with E-state index in [2.05, 4.69) is 15.8 Å². The lowest BCUT2D eigenvalue weighted by Crippen LogP contribution is -2.43. The molecule has 2 N–H and O–H groups in total. The molecule has 116 valence electrons. The minimum Gasteiger partial charge on any atom is -0.353 e. The van der Waals surface area contributed by atoms with Gasteiger partial charge in [0.25, 0.3) is 0 Å². The molecule has 1 aromatic carbocycles. The van der Waals surface area contributed by atoms with Gasteiger partial charge in [0.05, 0.1) is 10.9 Å². The van der Waals surface area contributed by atoms with Crippen LogP contribution in [0.1, 0.15) is 19.5 Å². The lowest BCUT2D eigenvalue weighted by molar-refractivity contribution is -0.124. The number of halogens is 1.